The second kappa shape index (κ2) is 18.3. The molecule has 2 heterocycles. The van der Waals surface area contributed by atoms with Crippen LogP contribution >= 0.6 is 0 Å². The van der Waals surface area contributed by atoms with E-state index in [9.17, 15) is 40.2 Å². The van der Waals surface area contributed by atoms with Gasteiger partial charge in [-0.3, -0.25) is 9.59 Å². The highest BCUT2D eigenvalue weighted by molar-refractivity contribution is 5.70. The van der Waals surface area contributed by atoms with Crippen LogP contribution < -0.4 is 0 Å². The summed E-state index contributed by atoms with van der Waals surface area (Å²) in [5.41, 5.74) is 0. The van der Waals surface area contributed by atoms with Crippen LogP contribution in [0.5, 0.6) is 0 Å². The first-order valence-electron chi connectivity index (χ1n) is 14.9. The normalized spacial score (nSPS) is 33.6. The molecule has 0 aromatic carbocycles. The molecule has 0 amide bonds. The van der Waals surface area contributed by atoms with E-state index in [-0.39, 0.29) is 12.8 Å². The Balaban J connectivity index is 2.24. The van der Waals surface area contributed by atoms with E-state index >= 15 is 0 Å². The van der Waals surface area contributed by atoms with Crippen molar-refractivity contribution in [3.8, 4) is 0 Å². The van der Waals surface area contributed by atoms with Gasteiger partial charge in [0.15, 0.2) is 12.4 Å². The SMILES string of the molecule is CCCCCCCC(=O)OC[C@@]1(O[C@H]2O[C@H](CO)[C@@H](O)[C@H](O)[C@H]2O)O[C@H](CO)[C@@H](O)[C@@H]1OC(=O)CCCCCCC. The maximum absolute atomic E-state index is 12.8. The van der Waals surface area contributed by atoms with Crippen molar-refractivity contribution in [2.24, 2.45) is 0 Å². The molecular formula is C28H50O13. The number of rotatable bonds is 19. The van der Waals surface area contributed by atoms with Gasteiger partial charge in [0.1, 0.15) is 43.2 Å². The minimum atomic E-state index is -2.25. The quantitative estimate of drug-likeness (QED) is 0.0888. The number of carbonyl (C=O) groups excluding carboxylic acids is 2. The van der Waals surface area contributed by atoms with Crippen molar-refractivity contribution >= 4 is 11.9 Å². The zero-order valence-electron chi connectivity index (χ0n) is 24.3. The number of aliphatic hydroxyl groups excluding tert-OH is 6. The van der Waals surface area contributed by atoms with Gasteiger partial charge < -0.3 is 54.3 Å². The maximum atomic E-state index is 12.8. The van der Waals surface area contributed by atoms with Crippen LogP contribution in [0.2, 0.25) is 0 Å². The number of unbranched alkanes of at least 4 members (excludes halogenated alkanes) is 8. The summed E-state index contributed by atoms with van der Waals surface area (Å²) in [6.45, 7) is 2.00. The fourth-order valence-corrected chi connectivity index (χ4v) is 4.96. The molecule has 0 aliphatic carbocycles. The number of hydrogen-bond acceptors (Lipinski definition) is 13. The first kappa shape index (κ1) is 35.8. The van der Waals surface area contributed by atoms with E-state index in [1.54, 1.807) is 0 Å². The minimum absolute atomic E-state index is 0.0321. The smallest absolute Gasteiger partial charge is 0.306 e. The minimum Gasteiger partial charge on any atom is -0.460 e. The average Bonchev–Trinajstić information content (AvgIpc) is 3.22. The van der Waals surface area contributed by atoms with E-state index in [0.29, 0.717) is 12.8 Å². The van der Waals surface area contributed by atoms with Gasteiger partial charge in [-0.1, -0.05) is 65.2 Å². The van der Waals surface area contributed by atoms with Crippen LogP contribution in [0, 0.1) is 0 Å². The summed E-state index contributed by atoms with van der Waals surface area (Å²) in [5.74, 6) is -3.54. The molecule has 13 nitrogen and oxygen atoms in total. The van der Waals surface area contributed by atoms with Gasteiger partial charge in [-0.2, -0.15) is 0 Å². The summed E-state index contributed by atoms with van der Waals surface area (Å²) in [6.07, 6.45) is -4.01. The van der Waals surface area contributed by atoms with Gasteiger partial charge in [0.2, 0.25) is 5.79 Å². The van der Waals surface area contributed by atoms with Crippen molar-refractivity contribution in [1.82, 2.24) is 0 Å². The van der Waals surface area contributed by atoms with E-state index in [0.717, 1.165) is 51.4 Å². The van der Waals surface area contributed by atoms with Gasteiger partial charge in [-0.25, -0.2) is 0 Å². The third-order valence-electron chi connectivity index (χ3n) is 7.48. The monoisotopic (exact) mass is 594 g/mol. The molecule has 41 heavy (non-hydrogen) atoms. The first-order valence-corrected chi connectivity index (χ1v) is 14.9. The standard InChI is InChI=1S/C28H50O13/c1-3-5-7-9-11-13-20(31)37-17-28(41-27-25(36)24(35)22(33)18(15-29)38-27)26(23(34)19(16-30)40-28)39-21(32)14-12-10-8-6-4-2/h18-19,22-27,29-30,33-36H,3-17H2,1-2H3/t18-,19-,22-,23-,24+,25-,26+,27-,28+/m1/s1. The highest BCUT2D eigenvalue weighted by atomic mass is 16.8. The Bertz CT molecular complexity index is 765. The number of ether oxygens (including phenoxy) is 5. The van der Waals surface area contributed by atoms with Crippen molar-refractivity contribution in [2.75, 3.05) is 19.8 Å². The predicted molar refractivity (Wildman–Crippen MR) is 143 cm³/mol. The number of aliphatic hydroxyl groups is 6. The van der Waals surface area contributed by atoms with Gasteiger partial charge in [-0.15, -0.1) is 0 Å². The Morgan fingerprint density at radius 1 is 0.707 bits per heavy atom. The van der Waals surface area contributed by atoms with E-state index in [1.165, 1.54) is 0 Å². The van der Waals surface area contributed by atoms with Crippen LogP contribution in [0.4, 0.5) is 0 Å². The average molecular weight is 595 g/mol. The van der Waals surface area contributed by atoms with Gasteiger partial charge in [0.25, 0.3) is 0 Å². The second-order valence-electron chi connectivity index (χ2n) is 10.9. The molecule has 0 saturated carbocycles. The van der Waals surface area contributed by atoms with Gasteiger partial charge in [0.05, 0.1) is 13.2 Å². The summed E-state index contributed by atoms with van der Waals surface area (Å²) in [5, 5.41) is 61.3. The molecule has 0 bridgehead atoms. The van der Waals surface area contributed by atoms with Crippen molar-refractivity contribution in [1.29, 1.82) is 0 Å². The van der Waals surface area contributed by atoms with Crippen LogP contribution in [0.3, 0.4) is 0 Å². The molecule has 0 spiro atoms. The van der Waals surface area contributed by atoms with E-state index in [2.05, 4.69) is 13.8 Å². The lowest BCUT2D eigenvalue weighted by atomic mass is 9.99. The van der Waals surface area contributed by atoms with Crippen molar-refractivity contribution < 1.29 is 63.9 Å². The molecule has 0 aromatic heterocycles. The van der Waals surface area contributed by atoms with Crippen LogP contribution in [0.15, 0.2) is 0 Å². The summed E-state index contributed by atoms with van der Waals surface area (Å²) >= 11 is 0. The predicted octanol–water partition coefficient (Wildman–Crippen LogP) is 0.427. The molecule has 13 heteroatoms. The van der Waals surface area contributed by atoms with Crippen LogP contribution in [0.1, 0.15) is 90.9 Å². The summed E-state index contributed by atoms with van der Waals surface area (Å²) in [7, 11) is 0. The fraction of sp³-hybridized carbons (Fsp3) is 0.929. The number of esters is 2. The molecule has 0 aromatic rings. The summed E-state index contributed by atoms with van der Waals surface area (Å²) in [4.78, 5) is 25.3. The van der Waals surface area contributed by atoms with E-state index in [1.807, 2.05) is 0 Å². The Kier molecular flexibility index (Phi) is 16.0. The molecule has 2 rings (SSSR count). The molecule has 0 radical (unpaired) electrons. The Morgan fingerprint density at radius 2 is 1.27 bits per heavy atom. The molecular weight excluding hydrogens is 544 g/mol. The van der Waals surface area contributed by atoms with Gasteiger partial charge in [0, 0.05) is 12.8 Å². The lowest BCUT2D eigenvalue weighted by Gasteiger charge is -2.43. The highest BCUT2D eigenvalue weighted by Crippen LogP contribution is 2.39. The molecule has 2 aliphatic rings. The number of carbonyl (C=O) groups is 2. The van der Waals surface area contributed by atoms with Crippen LogP contribution in [0.25, 0.3) is 0 Å². The molecule has 2 aliphatic heterocycles. The van der Waals surface area contributed by atoms with Crippen molar-refractivity contribution in [3.63, 3.8) is 0 Å². The third kappa shape index (κ3) is 10.4. The largest absolute Gasteiger partial charge is 0.460 e. The molecule has 9 atom stereocenters. The Labute approximate surface area is 241 Å². The van der Waals surface area contributed by atoms with Crippen LogP contribution in [-0.4, -0.2) is 117 Å². The lowest BCUT2D eigenvalue weighted by molar-refractivity contribution is -0.384. The van der Waals surface area contributed by atoms with E-state index in [4.69, 9.17) is 23.7 Å². The first-order chi connectivity index (χ1) is 19.6. The Morgan fingerprint density at radius 3 is 1.83 bits per heavy atom. The van der Waals surface area contributed by atoms with Gasteiger partial charge in [-0.05, 0) is 12.8 Å². The topological polar surface area (TPSA) is 202 Å². The zero-order valence-corrected chi connectivity index (χ0v) is 24.3. The van der Waals surface area contributed by atoms with E-state index < -0.39 is 86.6 Å². The van der Waals surface area contributed by atoms with Gasteiger partial charge >= 0.3 is 11.9 Å². The fourth-order valence-electron chi connectivity index (χ4n) is 4.96. The zero-order chi connectivity index (χ0) is 30.4. The molecule has 240 valence electrons. The lowest BCUT2D eigenvalue weighted by Crippen LogP contribution is -2.63. The molecule has 2 saturated heterocycles. The third-order valence-corrected chi connectivity index (χ3v) is 7.48. The number of hydrogen-bond donors (Lipinski definition) is 6. The highest BCUT2D eigenvalue weighted by Gasteiger charge is 2.61. The maximum Gasteiger partial charge on any atom is 0.306 e. The van der Waals surface area contributed by atoms with Crippen molar-refractivity contribution in [2.45, 2.75) is 146 Å². The van der Waals surface area contributed by atoms with Crippen LogP contribution in [-0.2, 0) is 33.3 Å². The summed E-state index contributed by atoms with van der Waals surface area (Å²) < 4.78 is 28.1. The van der Waals surface area contributed by atoms with Crippen molar-refractivity contribution in [3.05, 3.63) is 0 Å². The summed E-state index contributed by atoms with van der Waals surface area (Å²) in [6, 6.07) is 0. The Hall–Kier alpha value is -1.42. The molecule has 6 N–H and O–H groups in total. The second-order valence-corrected chi connectivity index (χ2v) is 10.9. The molecule has 2 fully saturated rings. The molecule has 0 unspecified atom stereocenters.